The van der Waals surface area contributed by atoms with Crippen LogP contribution in [0.15, 0.2) is 18.2 Å². The molecule has 0 atom stereocenters. The van der Waals surface area contributed by atoms with Crippen molar-refractivity contribution in [3.8, 4) is 0 Å². The third-order valence-corrected chi connectivity index (χ3v) is 2.20. The molecule has 0 amide bonds. The van der Waals surface area contributed by atoms with Crippen molar-refractivity contribution in [1.29, 1.82) is 0 Å². The summed E-state index contributed by atoms with van der Waals surface area (Å²) >= 11 is 3.19. The van der Waals surface area contributed by atoms with Crippen LogP contribution in [0, 0.1) is 12.7 Å². The Morgan fingerprint density at radius 1 is 1.54 bits per heavy atom. The number of ketones is 1. The van der Waals surface area contributed by atoms with Gasteiger partial charge in [-0.25, -0.2) is 4.39 Å². The summed E-state index contributed by atoms with van der Waals surface area (Å²) < 4.78 is 12.8. The lowest BCUT2D eigenvalue weighted by atomic mass is 10.1. The average Bonchev–Trinajstić information content (AvgIpc) is 2.10. The molecule has 0 radical (unpaired) electrons. The van der Waals surface area contributed by atoms with Gasteiger partial charge in [-0.3, -0.25) is 4.79 Å². The Morgan fingerprint density at radius 2 is 2.23 bits per heavy atom. The van der Waals surface area contributed by atoms with Gasteiger partial charge in [0.2, 0.25) is 0 Å². The van der Waals surface area contributed by atoms with E-state index < -0.39 is 0 Å². The van der Waals surface area contributed by atoms with Crippen LogP contribution in [-0.4, -0.2) is 11.1 Å². The van der Waals surface area contributed by atoms with E-state index in [9.17, 15) is 9.18 Å². The van der Waals surface area contributed by atoms with Gasteiger partial charge in [0.05, 0.1) is 0 Å². The van der Waals surface area contributed by atoms with Crippen LogP contribution in [0.25, 0.3) is 0 Å². The minimum atomic E-state index is -0.268. The number of benzene rings is 1. The van der Waals surface area contributed by atoms with E-state index in [0.29, 0.717) is 22.9 Å². The predicted octanol–water partition coefficient (Wildman–Crippen LogP) is 3.10. The van der Waals surface area contributed by atoms with E-state index in [1.807, 2.05) is 0 Å². The van der Waals surface area contributed by atoms with Gasteiger partial charge in [0.1, 0.15) is 5.82 Å². The number of aryl methyl sites for hydroxylation is 1. The Balaban J connectivity index is 2.90. The Bertz CT molecular complexity index is 323. The summed E-state index contributed by atoms with van der Waals surface area (Å²) in [5.41, 5.74) is 1.10. The zero-order chi connectivity index (χ0) is 9.84. The molecule has 13 heavy (non-hydrogen) atoms. The summed E-state index contributed by atoms with van der Waals surface area (Å²) in [5, 5.41) is 0.641. The Kier molecular flexibility index (Phi) is 3.60. The van der Waals surface area contributed by atoms with Crippen molar-refractivity contribution in [3.63, 3.8) is 0 Å². The van der Waals surface area contributed by atoms with Crippen molar-refractivity contribution >= 4 is 21.7 Å². The summed E-state index contributed by atoms with van der Waals surface area (Å²) in [6.07, 6.45) is 0.449. The first kappa shape index (κ1) is 10.4. The van der Waals surface area contributed by atoms with Gasteiger partial charge in [0, 0.05) is 17.3 Å². The van der Waals surface area contributed by atoms with E-state index in [1.54, 1.807) is 13.0 Å². The number of carbonyl (C=O) groups is 1. The third-order valence-electron chi connectivity index (χ3n) is 1.80. The molecule has 0 aromatic heterocycles. The van der Waals surface area contributed by atoms with Gasteiger partial charge in [-0.15, -0.1) is 0 Å². The maximum absolute atomic E-state index is 12.8. The molecular formula is C10H10BrFO. The number of alkyl halides is 1. The first-order valence-electron chi connectivity index (χ1n) is 4.00. The van der Waals surface area contributed by atoms with Crippen LogP contribution in [0.5, 0.6) is 0 Å². The van der Waals surface area contributed by atoms with Crippen LogP contribution in [0.1, 0.15) is 22.3 Å². The van der Waals surface area contributed by atoms with Gasteiger partial charge >= 0.3 is 0 Å². The third kappa shape index (κ3) is 2.62. The maximum Gasteiger partial charge on any atom is 0.163 e. The number of rotatable bonds is 3. The van der Waals surface area contributed by atoms with E-state index in [-0.39, 0.29) is 11.6 Å². The smallest absolute Gasteiger partial charge is 0.163 e. The highest BCUT2D eigenvalue weighted by Gasteiger charge is 2.06. The number of halogens is 2. The fraction of sp³-hybridized carbons (Fsp3) is 0.300. The number of carbonyl (C=O) groups excluding carboxylic acids is 1. The SMILES string of the molecule is Cc1cc(C(=O)CCBr)ccc1F. The normalized spacial score (nSPS) is 10.1. The van der Waals surface area contributed by atoms with Crippen molar-refractivity contribution in [2.45, 2.75) is 13.3 Å². The summed E-state index contributed by atoms with van der Waals surface area (Å²) in [4.78, 5) is 11.4. The molecule has 70 valence electrons. The van der Waals surface area contributed by atoms with Crippen LogP contribution in [0.4, 0.5) is 4.39 Å². The van der Waals surface area contributed by atoms with E-state index in [4.69, 9.17) is 0 Å². The van der Waals surface area contributed by atoms with Crippen molar-refractivity contribution < 1.29 is 9.18 Å². The minimum Gasteiger partial charge on any atom is -0.294 e. The fourth-order valence-corrected chi connectivity index (χ4v) is 1.41. The highest BCUT2D eigenvalue weighted by Crippen LogP contribution is 2.11. The lowest BCUT2D eigenvalue weighted by Crippen LogP contribution is -2.00. The number of Topliss-reactive ketones (excluding diaryl/α,β-unsaturated/α-hetero) is 1. The van der Waals surface area contributed by atoms with Crippen LogP contribution in [0.2, 0.25) is 0 Å². The van der Waals surface area contributed by atoms with Crippen LogP contribution >= 0.6 is 15.9 Å². The van der Waals surface area contributed by atoms with Crippen molar-refractivity contribution in [1.82, 2.24) is 0 Å². The van der Waals surface area contributed by atoms with E-state index >= 15 is 0 Å². The second-order valence-electron chi connectivity index (χ2n) is 2.83. The molecule has 0 aliphatic carbocycles. The monoisotopic (exact) mass is 244 g/mol. The van der Waals surface area contributed by atoms with Gasteiger partial charge in [0.25, 0.3) is 0 Å². The highest BCUT2D eigenvalue weighted by molar-refractivity contribution is 9.09. The lowest BCUT2D eigenvalue weighted by molar-refractivity contribution is 0.0989. The van der Waals surface area contributed by atoms with Crippen LogP contribution in [-0.2, 0) is 0 Å². The molecule has 0 saturated heterocycles. The molecule has 1 rings (SSSR count). The zero-order valence-electron chi connectivity index (χ0n) is 7.31. The first-order valence-corrected chi connectivity index (χ1v) is 5.12. The molecule has 0 heterocycles. The maximum atomic E-state index is 12.8. The number of hydrogen-bond acceptors (Lipinski definition) is 1. The van der Waals surface area contributed by atoms with Gasteiger partial charge in [-0.1, -0.05) is 15.9 Å². The van der Waals surface area contributed by atoms with E-state index in [1.165, 1.54) is 12.1 Å². The van der Waals surface area contributed by atoms with Gasteiger partial charge in [-0.2, -0.15) is 0 Å². The van der Waals surface area contributed by atoms with Crippen molar-refractivity contribution in [2.24, 2.45) is 0 Å². The van der Waals surface area contributed by atoms with Crippen LogP contribution < -0.4 is 0 Å². The molecule has 1 aromatic carbocycles. The first-order chi connectivity index (χ1) is 6.15. The second-order valence-corrected chi connectivity index (χ2v) is 3.62. The second kappa shape index (κ2) is 4.51. The van der Waals surface area contributed by atoms with E-state index in [2.05, 4.69) is 15.9 Å². The Hall–Kier alpha value is -0.700. The minimum absolute atomic E-state index is 0.0416. The average molecular weight is 245 g/mol. The molecule has 0 aliphatic heterocycles. The van der Waals surface area contributed by atoms with Crippen molar-refractivity contribution in [3.05, 3.63) is 35.1 Å². The molecule has 1 aromatic rings. The quantitative estimate of drug-likeness (QED) is 0.590. The molecule has 0 saturated carbocycles. The Morgan fingerprint density at radius 3 is 2.77 bits per heavy atom. The molecular weight excluding hydrogens is 235 g/mol. The molecule has 0 unspecified atom stereocenters. The predicted molar refractivity (Wildman–Crippen MR) is 53.9 cm³/mol. The topological polar surface area (TPSA) is 17.1 Å². The van der Waals surface area contributed by atoms with E-state index in [0.717, 1.165) is 0 Å². The lowest BCUT2D eigenvalue weighted by Gasteiger charge is -2.00. The number of hydrogen-bond donors (Lipinski definition) is 0. The molecule has 0 bridgehead atoms. The summed E-state index contributed by atoms with van der Waals surface area (Å²) in [6.45, 7) is 1.65. The summed E-state index contributed by atoms with van der Waals surface area (Å²) in [5.74, 6) is -0.227. The van der Waals surface area contributed by atoms with Gasteiger partial charge < -0.3 is 0 Å². The molecule has 0 spiro atoms. The van der Waals surface area contributed by atoms with Gasteiger partial charge in [-0.05, 0) is 30.7 Å². The fourth-order valence-electron chi connectivity index (χ4n) is 1.05. The summed E-state index contributed by atoms with van der Waals surface area (Å²) in [7, 11) is 0. The standard InChI is InChI=1S/C10H10BrFO/c1-7-6-8(2-3-9(7)12)10(13)4-5-11/h2-3,6H,4-5H2,1H3. The molecule has 3 heteroatoms. The van der Waals surface area contributed by atoms with Crippen LogP contribution in [0.3, 0.4) is 0 Å². The molecule has 0 N–H and O–H groups in total. The van der Waals surface area contributed by atoms with Gasteiger partial charge in [0.15, 0.2) is 5.78 Å². The van der Waals surface area contributed by atoms with Crippen molar-refractivity contribution in [2.75, 3.05) is 5.33 Å². The molecule has 0 fully saturated rings. The molecule has 1 nitrogen and oxygen atoms in total. The summed E-state index contributed by atoms with van der Waals surface area (Å²) in [6, 6.07) is 4.43. The Labute approximate surface area is 85.1 Å². The molecule has 0 aliphatic rings. The highest BCUT2D eigenvalue weighted by atomic mass is 79.9. The zero-order valence-corrected chi connectivity index (χ0v) is 8.90. The largest absolute Gasteiger partial charge is 0.294 e.